The highest BCUT2D eigenvalue weighted by molar-refractivity contribution is 5.94. The molecule has 1 amide bonds. The van der Waals surface area contributed by atoms with E-state index in [0.717, 1.165) is 5.56 Å². The number of aromatic nitrogens is 4. The van der Waals surface area contributed by atoms with Crippen LogP contribution in [0.15, 0.2) is 59.1 Å². The number of phenols is 1. The molecule has 4 aromatic rings. The maximum absolute atomic E-state index is 12.1. The van der Waals surface area contributed by atoms with Gasteiger partial charge in [-0.15, -0.1) is 10.2 Å². The van der Waals surface area contributed by atoms with Crippen LogP contribution in [0, 0.1) is 0 Å². The molecule has 0 radical (unpaired) electrons. The summed E-state index contributed by atoms with van der Waals surface area (Å²) in [4.78, 5) is 22.3. The number of nitrogens with zero attached hydrogens (tertiary/aromatic N) is 5. The van der Waals surface area contributed by atoms with Gasteiger partial charge in [-0.05, 0) is 24.3 Å². The lowest BCUT2D eigenvalue weighted by Crippen LogP contribution is -2.21. The van der Waals surface area contributed by atoms with Gasteiger partial charge in [-0.25, -0.2) is 9.97 Å². The molecule has 30 heavy (non-hydrogen) atoms. The molecule has 0 aliphatic rings. The van der Waals surface area contributed by atoms with E-state index in [1.165, 1.54) is 17.2 Å². The normalized spacial score (nSPS) is 10.7. The number of amides is 1. The maximum atomic E-state index is 12.1. The van der Waals surface area contributed by atoms with Gasteiger partial charge in [0.15, 0.2) is 11.5 Å². The first-order valence-corrected chi connectivity index (χ1v) is 9.01. The number of benzene rings is 2. The monoisotopic (exact) mass is 402 g/mol. The number of anilines is 1. The second kappa shape index (κ2) is 7.63. The summed E-state index contributed by atoms with van der Waals surface area (Å²) in [6, 6.07) is 13.6. The Morgan fingerprint density at radius 3 is 2.43 bits per heavy atom. The molecular formula is C21H18N6O3. The molecule has 0 atom stereocenters. The number of nitrogens with two attached hydrogens (primary N) is 1. The minimum atomic E-state index is -0.0896. The first kappa shape index (κ1) is 19.1. The van der Waals surface area contributed by atoms with Crippen LogP contribution in [-0.2, 0) is 0 Å². The van der Waals surface area contributed by atoms with Crippen LogP contribution in [0.3, 0.4) is 0 Å². The van der Waals surface area contributed by atoms with Gasteiger partial charge < -0.3 is 20.2 Å². The van der Waals surface area contributed by atoms with Crippen molar-refractivity contribution in [2.24, 2.45) is 0 Å². The van der Waals surface area contributed by atoms with Gasteiger partial charge in [-0.1, -0.05) is 24.3 Å². The lowest BCUT2D eigenvalue weighted by Gasteiger charge is -2.10. The number of para-hydroxylation sites is 1. The van der Waals surface area contributed by atoms with Crippen LogP contribution in [-0.4, -0.2) is 50.2 Å². The number of hydrogen-bond donors (Lipinski definition) is 2. The molecular weight excluding hydrogens is 384 g/mol. The third-order valence-corrected chi connectivity index (χ3v) is 4.40. The van der Waals surface area contributed by atoms with Crippen LogP contribution in [0.5, 0.6) is 5.75 Å². The van der Waals surface area contributed by atoms with E-state index >= 15 is 0 Å². The molecule has 150 valence electrons. The topological polar surface area (TPSA) is 131 Å². The number of hydrogen-bond acceptors (Lipinski definition) is 8. The second-order valence-corrected chi connectivity index (χ2v) is 6.70. The minimum Gasteiger partial charge on any atom is -0.507 e. The van der Waals surface area contributed by atoms with Gasteiger partial charge in [-0.3, -0.25) is 4.79 Å². The second-order valence-electron chi connectivity index (χ2n) is 6.70. The van der Waals surface area contributed by atoms with Gasteiger partial charge in [0.2, 0.25) is 0 Å². The van der Waals surface area contributed by atoms with E-state index in [9.17, 15) is 9.90 Å². The van der Waals surface area contributed by atoms with Crippen molar-refractivity contribution in [3.63, 3.8) is 0 Å². The number of carbonyl (C=O) groups is 1. The lowest BCUT2D eigenvalue weighted by molar-refractivity contribution is 0.0827. The Bertz CT molecular complexity index is 1220. The van der Waals surface area contributed by atoms with Gasteiger partial charge >= 0.3 is 0 Å². The standard InChI is InChI=1S/C21H18N6O3/c1-27(2)21(29)13-9-7-12(8-10-13)15-11-23-18(22)17(24-15)20-26-25-19(30-20)14-5-3-4-6-16(14)28/h3-11,28H,1-2H3,(H2,22,23). The van der Waals surface area contributed by atoms with E-state index in [0.29, 0.717) is 16.8 Å². The summed E-state index contributed by atoms with van der Waals surface area (Å²) >= 11 is 0. The molecule has 2 heterocycles. The molecule has 0 aliphatic heterocycles. The van der Waals surface area contributed by atoms with Crippen LogP contribution in [0.2, 0.25) is 0 Å². The summed E-state index contributed by atoms with van der Waals surface area (Å²) in [6.07, 6.45) is 1.53. The molecule has 4 rings (SSSR count). The van der Waals surface area contributed by atoms with E-state index in [4.69, 9.17) is 10.2 Å². The first-order valence-electron chi connectivity index (χ1n) is 9.01. The number of rotatable bonds is 4. The summed E-state index contributed by atoms with van der Waals surface area (Å²) in [6.45, 7) is 0. The first-order chi connectivity index (χ1) is 14.4. The van der Waals surface area contributed by atoms with E-state index in [2.05, 4.69) is 20.2 Å². The molecule has 0 bridgehead atoms. The molecule has 9 nitrogen and oxygen atoms in total. The number of carbonyl (C=O) groups excluding carboxylic acids is 1. The predicted octanol–water partition coefficient (Wildman–Crippen LogP) is 2.85. The highest BCUT2D eigenvalue weighted by Gasteiger charge is 2.18. The number of aromatic hydroxyl groups is 1. The summed E-state index contributed by atoms with van der Waals surface area (Å²) in [5, 5.41) is 17.9. The van der Waals surface area contributed by atoms with Crippen molar-refractivity contribution in [2.45, 2.75) is 0 Å². The van der Waals surface area contributed by atoms with Crippen molar-refractivity contribution < 1.29 is 14.3 Å². The molecule has 0 saturated heterocycles. The fourth-order valence-corrected chi connectivity index (χ4v) is 2.82. The third-order valence-electron chi connectivity index (χ3n) is 4.40. The largest absolute Gasteiger partial charge is 0.507 e. The molecule has 9 heteroatoms. The number of phenolic OH excluding ortho intramolecular Hbond substituents is 1. The van der Waals surface area contributed by atoms with Crippen LogP contribution < -0.4 is 5.73 Å². The lowest BCUT2D eigenvalue weighted by atomic mass is 10.1. The van der Waals surface area contributed by atoms with Crippen molar-refractivity contribution in [2.75, 3.05) is 19.8 Å². The molecule has 3 N–H and O–H groups in total. The molecule has 0 unspecified atom stereocenters. The Morgan fingerprint density at radius 1 is 1.03 bits per heavy atom. The van der Waals surface area contributed by atoms with Crippen LogP contribution in [0.4, 0.5) is 5.82 Å². The summed E-state index contributed by atoms with van der Waals surface area (Å²) in [5.74, 6) is 0.285. The zero-order chi connectivity index (χ0) is 21.3. The Labute approximate surface area is 171 Å². The molecule has 0 fully saturated rings. The number of nitrogen functional groups attached to an aromatic ring is 1. The van der Waals surface area contributed by atoms with Crippen LogP contribution >= 0.6 is 0 Å². The molecule has 2 aromatic carbocycles. The summed E-state index contributed by atoms with van der Waals surface area (Å²) in [5.41, 5.74) is 8.46. The van der Waals surface area contributed by atoms with E-state index in [-0.39, 0.29) is 34.9 Å². The van der Waals surface area contributed by atoms with Crippen LogP contribution in [0.1, 0.15) is 10.4 Å². The van der Waals surface area contributed by atoms with Crippen molar-refractivity contribution in [1.29, 1.82) is 0 Å². The molecule has 2 aromatic heterocycles. The van der Waals surface area contributed by atoms with Crippen molar-refractivity contribution in [1.82, 2.24) is 25.1 Å². The Kier molecular flexibility index (Phi) is 4.85. The Balaban J connectivity index is 1.68. The quantitative estimate of drug-likeness (QED) is 0.533. The average molecular weight is 402 g/mol. The van der Waals surface area contributed by atoms with Gasteiger partial charge in [0, 0.05) is 25.2 Å². The molecule has 0 spiro atoms. The average Bonchev–Trinajstić information content (AvgIpc) is 3.23. The van der Waals surface area contributed by atoms with Gasteiger partial charge in [0.1, 0.15) is 5.75 Å². The smallest absolute Gasteiger partial charge is 0.270 e. The van der Waals surface area contributed by atoms with Crippen LogP contribution in [0.25, 0.3) is 34.3 Å². The Hall–Kier alpha value is -4.27. The fourth-order valence-electron chi connectivity index (χ4n) is 2.82. The highest BCUT2D eigenvalue weighted by Crippen LogP contribution is 2.31. The SMILES string of the molecule is CN(C)C(=O)c1ccc(-c2cnc(N)c(-c3nnc(-c4ccccc4O)o3)n2)cc1. The van der Waals surface area contributed by atoms with Crippen molar-refractivity contribution in [3.8, 4) is 40.0 Å². The minimum absolute atomic E-state index is 0.0212. The zero-order valence-electron chi connectivity index (χ0n) is 16.3. The third kappa shape index (κ3) is 3.55. The highest BCUT2D eigenvalue weighted by atomic mass is 16.4. The van der Waals surface area contributed by atoms with Gasteiger partial charge in [0.05, 0.1) is 17.5 Å². The zero-order valence-corrected chi connectivity index (χ0v) is 16.3. The van der Waals surface area contributed by atoms with E-state index in [1.54, 1.807) is 56.6 Å². The maximum Gasteiger partial charge on any atom is 0.270 e. The molecule has 0 aliphatic carbocycles. The van der Waals surface area contributed by atoms with E-state index in [1.807, 2.05) is 0 Å². The Morgan fingerprint density at radius 2 is 1.73 bits per heavy atom. The van der Waals surface area contributed by atoms with Crippen molar-refractivity contribution >= 4 is 11.7 Å². The van der Waals surface area contributed by atoms with Gasteiger partial charge in [-0.2, -0.15) is 0 Å². The van der Waals surface area contributed by atoms with Gasteiger partial charge in [0.25, 0.3) is 17.7 Å². The summed E-state index contributed by atoms with van der Waals surface area (Å²) in [7, 11) is 3.39. The predicted molar refractivity (Wildman–Crippen MR) is 110 cm³/mol. The fraction of sp³-hybridized carbons (Fsp3) is 0.0952. The molecule has 0 saturated carbocycles. The van der Waals surface area contributed by atoms with Crippen molar-refractivity contribution in [3.05, 3.63) is 60.3 Å². The summed E-state index contributed by atoms with van der Waals surface area (Å²) < 4.78 is 5.67. The van der Waals surface area contributed by atoms with E-state index < -0.39 is 0 Å².